The van der Waals surface area contributed by atoms with E-state index in [9.17, 15) is 14.5 Å². The summed E-state index contributed by atoms with van der Waals surface area (Å²) in [4.78, 5) is 14.2. The number of benzene rings is 1. The molecule has 0 aliphatic heterocycles. The topological polar surface area (TPSA) is 68.1 Å². The molecular weight excluding hydrogens is 340 g/mol. The molecule has 19 heavy (non-hydrogen) atoms. The van der Waals surface area contributed by atoms with Gasteiger partial charge in [-0.25, -0.2) is 9.37 Å². The van der Waals surface area contributed by atoms with Crippen molar-refractivity contribution in [2.24, 2.45) is 0 Å². The SMILES string of the molecule is O=[N+]([O-])c1cc(Br)cnc1Nc1ccc(Cl)c(F)c1. The summed E-state index contributed by atoms with van der Waals surface area (Å²) in [7, 11) is 0. The van der Waals surface area contributed by atoms with Crippen LogP contribution in [-0.2, 0) is 0 Å². The predicted molar refractivity (Wildman–Crippen MR) is 73.3 cm³/mol. The Morgan fingerprint density at radius 1 is 1.42 bits per heavy atom. The van der Waals surface area contributed by atoms with Crippen molar-refractivity contribution in [3.8, 4) is 0 Å². The number of nitro groups is 1. The van der Waals surface area contributed by atoms with Crippen LogP contribution in [0.4, 0.5) is 21.6 Å². The van der Waals surface area contributed by atoms with Crippen LogP contribution in [0.25, 0.3) is 0 Å². The minimum absolute atomic E-state index is 0.0231. The zero-order valence-corrected chi connectivity index (χ0v) is 11.6. The van der Waals surface area contributed by atoms with Gasteiger partial charge in [-0.15, -0.1) is 0 Å². The van der Waals surface area contributed by atoms with Crippen LogP contribution in [0, 0.1) is 15.9 Å². The summed E-state index contributed by atoms with van der Waals surface area (Å²) in [6, 6.07) is 5.29. The van der Waals surface area contributed by atoms with E-state index in [1.165, 1.54) is 24.4 Å². The first-order valence-electron chi connectivity index (χ1n) is 4.99. The standard InChI is InChI=1S/C11H6BrClFN3O2/c12-6-3-10(17(18)19)11(15-5-6)16-7-1-2-8(13)9(14)4-7/h1-5H,(H,15,16). The minimum Gasteiger partial charge on any atom is -0.334 e. The maximum absolute atomic E-state index is 13.3. The van der Waals surface area contributed by atoms with Gasteiger partial charge in [0, 0.05) is 22.4 Å². The van der Waals surface area contributed by atoms with E-state index in [0.29, 0.717) is 10.2 Å². The highest BCUT2D eigenvalue weighted by Crippen LogP contribution is 2.29. The maximum Gasteiger partial charge on any atom is 0.312 e. The molecule has 0 saturated carbocycles. The molecule has 0 fully saturated rings. The van der Waals surface area contributed by atoms with Crippen molar-refractivity contribution in [1.82, 2.24) is 4.98 Å². The number of nitrogens with zero attached hydrogens (tertiary/aromatic N) is 2. The van der Waals surface area contributed by atoms with E-state index in [-0.39, 0.29) is 16.5 Å². The van der Waals surface area contributed by atoms with Crippen LogP contribution in [0.15, 0.2) is 34.9 Å². The third-order valence-corrected chi connectivity index (χ3v) is 2.95. The second-order valence-corrected chi connectivity index (χ2v) is 4.86. The molecule has 98 valence electrons. The Hall–Kier alpha value is -1.73. The molecule has 5 nitrogen and oxygen atoms in total. The molecule has 0 spiro atoms. The molecule has 0 atom stereocenters. The third-order valence-electron chi connectivity index (χ3n) is 2.21. The third kappa shape index (κ3) is 3.18. The summed E-state index contributed by atoms with van der Waals surface area (Å²) in [6.07, 6.45) is 1.40. The number of hydrogen-bond acceptors (Lipinski definition) is 4. The van der Waals surface area contributed by atoms with Crippen molar-refractivity contribution in [1.29, 1.82) is 0 Å². The maximum atomic E-state index is 13.3. The van der Waals surface area contributed by atoms with Crippen LogP contribution in [0.1, 0.15) is 0 Å². The molecule has 0 unspecified atom stereocenters. The number of aromatic nitrogens is 1. The lowest BCUT2D eigenvalue weighted by Gasteiger charge is -2.06. The largest absolute Gasteiger partial charge is 0.334 e. The molecule has 8 heteroatoms. The Morgan fingerprint density at radius 2 is 2.16 bits per heavy atom. The molecule has 0 aliphatic rings. The molecule has 0 amide bonds. The summed E-state index contributed by atoms with van der Waals surface area (Å²) >= 11 is 8.65. The van der Waals surface area contributed by atoms with Gasteiger partial charge in [0.1, 0.15) is 5.82 Å². The Bertz CT molecular complexity index is 654. The van der Waals surface area contributed by atoms with Gasteiger partial charge in [-0.05, 0) is 34.1 Å². The monoisotopic (exact) mass is 345 g/mol. The van der Waals surface area contributed by atoms with E-state index < -0.39 is 10.7 Å². The number of hydrogen-bond donors (Lipinski definition) is 1. The lowest BCUT2D eigenvalue weighted by atomic mass is 10.3. The van der Waals surface area contributed by atoms with Crippen LogP contribution in [-0.4, -0.2) is 9.91 Å². The van der Waals surface area contributed by atoms with Crippen LogP contribution in [0.5, 0.6) is 0 Å². The van der Waals surface area contributed by atoms with Gasteiger partial charge in [-0.1, -0.05) is 11.6 Å². The molecule has 0 aliphatic carbocycles. The van der Waals surface area contributed by atoms with E-state index >= 15 is 0 Å². The van der Waals surface area contributed by atoms with Crippen LogP contribution >= 0.6 is 27.5 Å². The van der Waals surface area contributed by atoms with Gasteiger partial charge < -0.3 is 5.32 Å². The smallest absolute Gasteiger partial charge is 0.312 e. The summed E-state index contributed by atoms with van der Waals surface area (Å²) < 4.78 is 13.8. The Kier molecular flexibility index (Phi) is 3.96. The van der Waals surface area contributed by atoms with E-state index in [1.54, 1.807) is 0 Å². The second kappa shape index (κ2) is 5.50. The molecular formula is C11H6BrClFN3O2. The number of rotatable bonds is 3. The van der Waals surface area contributed by atoms with Crippen molar-refractivity contribution in [2.45, 2.75) is 0 Å². The van der Waals surface area contributed by atoms with Gasteiger partial charge in [0.2, 0.25) is 5.82 Å². The Labute approximate surface area is 120 Å². The first-order chi connectivity index (χ1) is 8.97. The Balaban J connectivity index is 2.37. The second-order valence-electron chi connectivity index (χ2n) is 3.53. The fourth-order valence-electron chi connectivity index (χ4n) is 1.37. The molecule has 1 aromatic heterocycles. The van der Waals surface area contributed by atoms with Gasteiger partial charge in [0.15, 0.2) is 0 Å². The van der Waals surface area contributed by atoms with Crippen LogP contribution < -0.4 is 5.32 Å². The van der Waals surface area contributed by atoms with Gasteiger partial charge in [-0.2, -0.15) is 0 Å². The molecule has 0 bridgehead atoms. The molecule has 1 heterocycles. The normalized spacial score (nSPS) is 10.3. The predicted octanol–water partition coefficient (Wildman–Crippen LogP) is 4.29. The molecule has 2 aromatic rings. The van der Waals surface area contributed by atoms with E-state index in [4.69, 9.17) is 11.6 Å². The highest BCUT2D eigenvalue weighted by molar-refractivity contribution is 9.10. The summed E-state index contributed by atoms with van der Waals surface area (Å²) in [5, 5.41) is 13.5. The van der Waals surface area contributed by atoms with Crippen molar-refractivity contribution >= 4 is 44.7 Å². The summed E-state index contributed by atoms with van der Waals surface area (Å²) in [5.74, 6) is -0.596. The molecule has 0 saturated heterocycles. The van der Waals surface area contributed by atoms with E-state index in [2.05, 4.69) is 26.2 Å². The quantitative estimate of drug-likeness (QED) is 0.665. The number of pyridine rings is 1. The van der Waals surface area contributed by atoms with Gasteiger partial charge >= 0.3 is 5.69 Å². The fourth-order valence-corrected chi connectivity index (χ4v) is 1.81. The molecule has 1 N–H and O–H groups in total. The highest BCUT2D eigenvalue weighted by Gasteiger charge is 2.16. The van der Waals surface area contributed by atoms with Crippen LogP contribution in [0.3, 0.4) is 0 Å². The molecule has 2 rings (SSSR count). The van der Waals surface area contributed by atoms with E-state index in [0.717, 1.165) is 6.07 Å². The van der Waals surface area contributed by atoms with Crippen molar-refractivity contribution in [3.63, 3.8) is 0 Å². The van der Waals surface area contributed by atoms with Crippen molar-refractivity contribution in [3.05, 3.63) is 55.9 Å². The Morgan fingerprint density at radius 3 is 2.79 bits per heavy atom. The average Bonchev–Trinajstić information content (AvgIpc) is 2.36. The van der Waals surface area contributed by atoms with E-state index in [1.807, 2.05) is 0 Å². The minimum atomic E-state index is -0.619. The van der Waals surface area contributed by atoms with Gasteiger partial charge in [0.05, 0.1) is 9.95 Å². The number of nitrogens with one attached hydrogen (secondary N) is 1. The number of halogens is 3. The van der Waals surface area contributed by atoms with Gasteiger partial charge in [-0.3, -0.25) is 10.1 Å². The highest BCUT2D eigenvalue weighted by atomic mass is 79.9. The zero-order chi connectivity index (χ0) is 14.0. The van der Waals surface area contributed by atoms with Gasteiger partial charge in [0.25, 0.3) is 0 Å². The van der Waals surface area contributed by atoms with Crippen molar-refractivity contribution in [2.75, 3.05) is 5.32 Å². The summed E-state index contributed by atoms with van der Waals surface area (Å²) in [5.41, 5.74) is 0.101. The summed E-state index contributed by atoms with van der Waals surface area (Å²) in [6.45, 7) is 0. The lowest BCUT2D eigenvalue weighted by molar-refractivity contribution is -0.384. The fraction of sp³-hybridized carbons (Fsp3) is 0. The molecule has 1 aromatic carbocycles. The average molecular weight is 347 g/mol. The lowest BCUT2D eigenvalue weighted by Crippen LogP contribution is -2.00. The first-order valence-corrected chi connectivity index (χ1v) is 6.16. The molecule has 0 radical (unpaired) electrons. The zero-order valence-electron chi connectivity index (χ0n) is 9.23. The first kappa shape index (κ1) is 13.7. The van der Waals surface area contributed by atoms with Crippen molar-refractivity contribution < 1.29 is 9.31 Å². The number of anilines is 2. The van der Waals surface area contributed by atoms with Crippen LogP contribution in [0.2, 0.25) is 5.02 Å².